The number of nitrogens with two attached hydrogens (primary N) is 1. The number of rotatable bonds is 3. The second-order valence-corrected chi connectivity index (χ2v) is 5.90. The Bertz CT molecular complexity index is 507. The van der Waals surface area contributed by atoms with Crippen molar-refractivity contribution in [2.24, 2.45) is 0 Å². The van der Waals surface area contributed by atoms with Gasteiger partial charge < -0.3 is 20.1 Å². The summed E-state index contributed by atoms with van der Waals surface area (Å²) in [5, 5.41) is 0. The third kappa shape index (κ3) is 2.75. The van der Waals surface area contributed by atoms with E-state index in [1.54, 1.807) is 14.2 Å². The van der Waals surface area contributed by atoms with E-state index in [1.165, 1.54) is 32.4 Å². The molecule has 2 heterocycles. The predicted octanol–water partition coefficient (Wildman–Crippen LogP) is 1.96. The molecule has 2 aliphatic rings. The quantitative estimate of drug-likeness (QED) is 0.863. The molecule has 21 heavy (non-hydrogen) atoms. The molecule has 1 aromatic carbocycles. The lowest BCUT2D eigenvalue weighted by molar-refractivity contribution is 0.273. The van der Waals surface area contributed by atoms with Gasteiger partial charge in [-0.15, -0.1) is 0 Å². The first kappa shape index (κ1) is 14.3. The van der Waals surface area contributed by atoms with E-state index in [0.717, 1.165) is 30.2 Å². The van der Waals surface area contributed by atoms with Crippen LogP contribution < -0.4 is 20.1 Å². The zero-order valence-electron chi connectivity index (χ0n) is 13.0. The number of methoxy groups -OCH3 is 2. The van der Waals surface area contributed by atoms with E-state index < -0.39 is 0 Å². The fourth-order valence-electron chi connectivity index (χ4n) is 3.58. The maximum absolute atomic E-state index is 6.25. The molecule has 5 nitrogen and oxygen atoms in total. The molecular formula is C16H25N3O2. The molecule has 2 fully saturated rings. The average Bonchev–Trinajstić information content (AvgIpc) is 2.84. The van der Waals surface area contributed by atoms with Crippen LogP contribution in [0.2, 0.25) is 0 Å². The van der Waals surface area contributed by atoms with Gasteiger partial charge in [0, 0.05) is 37.8 Å². The topological polar surface area (TPSA) is 51.0 Å². The van der Waals surface area contributed by atoms with Gasteiger partial charge in [0.05, 0.1) is 25.6 Å². The molecule has 3 rings (SSSR count). The number of nitrogens with zero attached hydrogens (tertiary/aromatic N) is 2. The van der Waals surface area contributed by atoms with Crippen molar-refractivity contribution >= 4 is 11.4 Å². The van der Waals surface area contributed by atoms with Gasteiger partial charge in [-0.25, -0.2) is 0 Å². The summed E-state index contributed by atoms with van der Waals surface area (Å²) in [6, 6.07) is 4.55. The molecule has 0 saturated carbocycles. The van der Waals surface area contributed by atoms with Crippen molar-refractivity contribution in [1.82, 2.24) is 4.90 Å². The highest BCUT2D eigenvalue weighted by molar-refractivity contribution is 5.73. The third-order valence-corrected chi connectivity index (χ3v) is 4.68. The predicted molar refractivity (Wildman–Crippen MR) is 85.4 cm³/mol. The normalized spacial score (nSPS) is 22.8. The van der Waals surface area contributed by atoms with Crippen molar-refractivity contribution in [3.8, 4) is 11.5 Å². The number of anilines is 2. The molecule has 0 spiro atoms. The maximum Gasteiger partial charge on any atom is 0.162 e. The molecule has 0 bridgehead atoms. The minimum Gasteiger partial charge on any atom is -0.493 e. The number of nitrogen functional groups attached to an aromatic ring is 1. The number of hydrogen-bond acceptors (Lipinski definition) is 5. The van der Waals surface area contributed by atoms with Crippen LogP contribution in [-0.2, 0) is 0 Å². The van der Waals surface area contributed by atoms with Crippen LogP contribution in [0.1, 0.15) is 19.3 Å². The van der Waals surface area contributed by atoms with Crippen LogP contribution in [0.15, 0.2) is 12.1 Å². The molecule has 2 saturated heterocycles. The molecule has 1 atom stereocenters. The lowest BCUT2D eigenvalue weighted by Crippen LogP contribution is -2.36. The van der Waals surface area contributed by atoms with Crippen molar-refractivity contribution in [2.45, 2.75) is 25.3 Å². The number of ether oxygens (including phenoxy) is 2. The molecule has 0 aliphatic carbocycles. The van der Waals surface area contributed by atoms with Gasteiger partial charge in [-0.05, 0) is 25.8 Å². The van der Waals surface area contributed by atoms with Gasteiger partial charge in [-0.2, -0.15) is 0 Å². The average molecular weight is 291 g/mol. The Balaban J connectivity index is 1.88. The molecule has 5 heteroatoms. The van der Waals surface area contributed by atoms with Crippen LogP contribution in [0.5, 0.6) is 11.5 Å². The Morgan fingerprint density at radius 2 is 1.76 bits per heavy atom. The van der Waals surface area contributed by atoms with E-state index in [1.807, 2.05) is 12.1 Å². The van der Waals surface area contributed by atoms with Gasteiger partial charge >= 0.3 is 0 Å². The number of fused-ring (bicyclic) bond motifs is 1. The first-order chi connectivity index (χ1) is 10.2. The van der Waals surface area contributed by atoms with Crippen LogP contribution in [-0.4, -0.2) is 51.3 Å². The van der Waals surface area contributed by atoms with E-state index >= 15 is 0 Å². The van der Waals surface area contributed by atoms with E-state index in [-0.39, 0.29) is 0 Å². The van der Waals surface area contributed by atoms with Gasteiger partial charge in [-0.3, -0.25) is 4.90 Å². The lowest BCUT2D eigenvalue weighted by atomic mass is 10.1. The minimum atomic E-state index is 0.667. The summed E-state index contributed by atoms with van der Waals surface area (Å²) in [5.74, 6) is 1.44. The smallest absolute Gasteiger partial charge is 0.162 e. The largest absolute Gasteiger partial charge is 0.493 e. The minimum absolute atomic E-state index is 0.667. The van der Waals surface area contributed by atoms with Gasteiger partial charge in [0.15, 0.2) is 11.5 Å². The number of hydrogen-bond donors (Lipinski definition) is 1. The summed E-state index contributed by atoms with van der Waals surface area (Å²) in [5.41, 5.74) is 8.08. The molecular weight excluding hydrogens is 266 g/mol. The molecule has 0 radical (unpaired) electrons. The fraction of sp³-hybridized carbons (Fsp3) is 0.625. The summed E-state index contributed by atoms with van der Waals surface area (Å²) in [6.45, 7) is 4.56. The highest BCUT2D eigenvalue weighted by Crippen LogP contribution is 2.38. The Morgan fingerprint density at radius 1 is 1.05 bits per heavy atom. The van der Waals surface area contributed by atoms with Crippen LogP contribution >= 0.6 is 0 Å². The molecule has 1 aromatic rings. The van der Waals surface area contributed by atoms with Gasteiger partial charge in [0.25, 0.3) is 0 Å². The van der Waals surface area contributed by atoms with Gasteiger partial charge in [0.2, 0.25) is 0 Å². The van der Waals surface area contributed by atoms with E-state index in [4.69, 9.17) is 15.2 Å². The van der Waals surface area contributed by atoms with Crippen molar-refractivity contribution < 1.29 is 9.47 Å². The van der Waals surface area contributed by atoms with Crippen molar-refractivity contribution in [3.05, 3.63) is 12.1 Å². The van der Waals surface area contributed by atoms with Gasteiger partial charge in [-0.1, -0.05) is 0 Å². The van der Waals surface area contributed by atoms with E-state index in [9.17, 15) is 0 Å². The molecule has 2 N–H and O–H groups in total. The molecule has 116 valence electrons. The SMILES string of the molecule is COc1cc(N)c(N2CCCN3CCCC3C2)cc1OC. The molecule has 2 aliphatic heterocycles. The molecule has 1 unspecified atom stereocenters. The second-order valence-electron chi connectivity index (χ2n) is 5.90. The maximum atomic E-state index is 6.25. The van der Waals surface area contributed by atoms with Crippen molar-refractivity contribution in [1.29, 1.82) is 0 Å². The highest BCUT2D eigenvalue weighted by atomic mass is 16.5. The third-order valence-electron chi connectivity index (χ3n) is 4.68. The number of benzene rings is 1. The lowest BCUT2D eigenvalue weighted by Gasteiger charge is -2.28. The van der Waals surface area contributed by atoms with Crippen molar-refractivity contribution in [3.63, 3.8) is 0 Å². The zero-order chi connectivity index (χ0) is 14.8. The van der Waals surface area contributed by atoms with Crippen LogP contribution in [0.3, 0.4) is 0 Å². The zero-order valence-corrected chi connectivity index (χ0v) is 13.0. The standard InChI is InChI=1S/C16H25N3O2/c1-20-15-9-13(17)14(10-16(15)21-2)19-8-4-7-18-6-3-5-12(18)11-19/h9-10,12H,3-8,11,17H2,1-2H3. The molecule has 0 amide bonds. The fourth-order valence-corrected chi connectivity index (χ4v) is 3.58. The van der Waals surface area contributed by atoms with Crippen LogP contribution in [0, 0.1) is 0 Å². The summed E-state index contributed by atoms with van der Waals surface area (Å²) < 4.78 is 10.7. The van der Waals surface area contributed by atoms with E-state index in [0.29, 0.717) is 11.8 Å². The Kier molecular flexibility index (Phi) is 4.10. The van der Waals surface area contributed by atoms with Crippen molar-refractivity contribution in [2.75, 3.05) is 51.0 Å². The van der Waals surface area contributed by atoms with Crippen LogP contribution in [0.4, 0.5) is 11.4 Å². The summed E-state index contributed by atoms with van der Waals surface area (Å²) in [6.07, 6.45) is 3.80. The van der Waals surface area contributed by atoms with E-state index in [2.05, 4.69) is 9.80 Å². The highest BCUT2D eigenvalue weighted by Gasteiger charge is 2.29. The second kappa shape index (κ2) is 6.02. The summed E-state index contributed by atoms with van der Waals surface area (Å²) in [7, 11) is 3.30. The first-order valence-corrected chi connectivity index (χ1v) is 7.73. The van der Waals surface area contributed by atoms with Gasteiger partial charge in [0.1, 0.15) is 0 Å². The Labute approximate surface area is 126 Å². The first-order valence-electron chi connectivity index (χ1n) is 7.73. The summed E-state index contributed by atoms with van der Waals surface area (Å²) >= 11 is 0. The molecule has 0 aromatic heterocycles. The Morgan fingerprint density at radius 3 is 2.52 bits per heavy atom. The Hall–Kier alpha value is -1.62. The summed E-state index contributed by atoms with van der Waals surface area (Å²) in [4.78, 5) is 5.03. The van der Waals surface area contributed by atoms with Crippen LogP contribution in [0.25, 0.3) is 0 Å². The monoisotopic (exact) mass is 291 g/mol.